The number of aliphatic imine (C=N–C) groups is 1. The quantitative estimate of drug-likeness (QED) is 0.522. The molecule has 1 aliphatic heterocycles. The number of methoxy groups -OCH3 is 1. The van der Waals surface area contributed by atoms with Crippen LogP contribution in [0.4, 0.5) is 0 Å². The predicted octanol–water partition coefficient (Wildman–Crippen LogP) is 5.57. The van der Waals surface area contributed by atoms with Crippen LogP contribution in [0.25, 0.3) is 26.9 Å². The first-order valence-corrected chi connectivity index (χ1v) is 12.1. The van der Waals surface area contributed by atoms with Crippen LogP contribution in [-0.2, 0) is 11.2 Å². The van der Waals surface area contributed by atoms with Gasteiger partial charge in [0.15, 0.2) is 5.88 Å². The number of nitrogens with zero attached hydrogens (tertiary/aromatic N) is 1. The normalized spacial score (nSPS) is 25.1. The first-order valence-electron chi connectivity index (χ1n) is 11.3. The molecular weight excluding hydrogens is 416 g/mol. The Balaban J connectivity index is 1.41. The van der Waals surface area contributed by atoms with Gasteiger partial charge >= 0.3 is 0 Å². The van der Waals surface area contributed by atoms with Gasteiger partial charge in [0.2, 0.25) is 0 Å². The van der Waals surface area contributed by atoms with E-state index in [1.54, 1.807) is 7.11 Å². The smallest absolute Gasteiger partial charge is 0.190 e. The summed E-state index contributed by atoms with van der Waals surface area (Å²) in [6.07, 6.45) is 11.7. The highest BCUT2D eigenvalue weighted by Crippen LogP contribution is 2.42. The minimum atomic E-state index is -0.505. The molecule has 2 aliphatic carbocycles. The molecule has 3 aliphatic rings. The van der Waals surface area contributed by atoms with Crippen LogP contribution in [0, 0.1) is 5.92 Å². The zero-order valence-electron chi connectivity index (χ0n) is 18.0. The molecule has 0 saturated heterocycles. The number of rotatable bonds is 3. The van der Waals surface area contributed by atoms with E-state index in [1.165, 1.54) is 36.9 Å². The molecule has 32 heavy (non-hydrogen) atoms. The maximum Gasteiger partial charge on any atom is 0.190 e. The molecule has 0 bridgehead atoms. The largest absolute Gasteiger partial charge is 0.482 e. The van der Waals surface area contributed by atoms with Gasteiger partial charge in [-0.1, -0.05) is 42.5 Å². The molecule has 0 radical (unpaired) electrons. The molecule has 3 aromatic rings. The average Bonchev–Trinajstić information content (AvgIpc) is 3.22. The van der Waals surface area contributed by atoms with Crippen molar-refractivity contribution in [1.29, 1.82) is 0 Å². The molecule has 1 aromatic heterocycles. The number of aliphatic hydroxyl groups excluding tert-OH is 1. The summed E-state index contributed by atoms with van der Waals surface area (Å²) >= 11 is 1.88. The standard InChI is InChI=1S/C27H26N2O2S/c1-31-25-15-21(28-27(29-25)19-8-4-5-9-22(19)30)17-10-12-20-24(14-17)32-23-13-11-16-6-2-3-7-18(16)26(20)23/h2-3,5-7,9,11,13-15,19,21-22,30H,4,8,10,12H2,1H3,(H,28,29). The molecule has 2 aromatic carbocycles. The van der Waals surface area contributed by atoms with Crippen molar-refractivity contribution in [2.75, 3.05) is 7.11 Å². The zero-order valence-corrected chi connectivity index (χ0v) is 18.9. The number of benzene rings is 2. The lowest BCUT2D eigenvalue weighted by molar-refractivity contribution is 0.171. The van der Waals surface area contributed by atoms with Crippen LogP contribution in [0.15, 0.2) is 71.1 Å². The van der Waals surface area contributed by atoms with Gasteiger partial charge in [-0.25, -0.2) is 0 Å². The van der Waals surface area contributed by atoms with Gasteiger partial charge in [0.25, 0.3) is 0 Å². The second kappa shape index (κ2) is 7.91. The third-order valence-electron chi connectivity index (χ3n) is 6.87. The molecule has 2 N–H and O–H groups in total. The number of amidine groups is 1. The fourth-order valence-corrected chi connectivity index (χ4v) is 6.45. The van der Waals surface area contributed by atoms with E-state index in [-0.39, 0.29) is 12.0 Å². The lowest BCUT2D eigenvalue weighted by Crippen LogP contribution is -2.41. The summed E-state index contributed by atoms with van der Waals surface area (Å²) in [5, 5.41) is 17.9. The Kier molecular flexibility index (Phi) is 4.89. The van der Waals surface area contributed by atoms with Crippen LogP contribution >= 0.6 is 11.3 Å². The molecule has 5 heteroatoms. The number of ether oxygens (including phenoxy) is 1. The number of nitrogens with one attached hydrogen (secondary N) is 1. The van der Waals surface area contributed by atoms with E-state index in [0.717, 1.165) is 37.4 Å². The minimum absolute atomic E-state index is 0.0169. The molecule has 0 saturated carbocycles. The van der Waals surface area contributed by atoms with Crippen molar-refractivity contribution in [2.45, 2.75) is 37.8 Å². The first-order chi connectivity index (χ1) is 15.7. The monoisotopic (exact) mass is 442 g/mol. The van der Waals surface area contributed by atoms with E-state index in [1.807, 2.05) is 23.5 Å². The number of thiophene rings is 1. The van der Waals surface area contributed by atoms with Gasteiger partial charge in [-0.2, -0.15) is 0 Å². The van der Waals surface area contributed by atoms with Crippen molar-refractivity contribution in [3.63, 3.8) is 0 Å². The summed E-state index contributed by atoms with van der Waals surface area (Å²) in [6.45, 7) is 0. The van der Waals surface area contributed by atoms with E-state index < -0.39 is 6.10 Å². The second-order valence-electron chi connectivity index (χ2n) is 8.75. The van der Waals surface area contributed by atoms with E-state index in [2.05, 4.69) is 53.9 Å². The van der Waals surface area contributed by atoms with Crippen LogP contribution < -0.4 is 5.32 Å². The Morgan fingerprint density at radius 3 is 2.94 bits per heavy atom. The predicted molar refractivity (Wildman–Crippen MR) is 133 cm³/mol. The average molecular weight is 443 g/mol. The highest BCUT2D eigenvalue weighted by molar-refractivity contribution is 7.20. The van der Waals surface area contributed by atoms with Crippen LogP contribution in [0.1, 0.15) is 29.7 Å². The van der Waals surface area contributed by atoms with Crippen LogP contribution in [-0.4, -0.2) is 30.2 Å². The lowest BCUT2D eigenvalue weighted by Gasteiger charge is -2.31. The number of hydrogen-bond donors (Lipinski definition) is 2. The number of aryl methyl sites for hydroxylation is 1. The molecule has 6 rings (SSSR count). The van der Waals surface area contributed by atoms with Gasteiger partial charge in [0.05, 0.1) is 19.3 Å². The SMILES string of the molecule is COC1=CC(C2=Cc3sc4ccc5ccccc5c4c3CC2)N=C(C2CCC=CC2O)N1. The van der Waals surface area contributed by atoms with Crippen LogP contribution in [0.2, 0.25) is 0 Å². The number of aliphatic hydroxyl groups is 1. The van der Waals surface area contributed by atoms with E-state index in [9.17, 15) is 5.11 Å². The van der Waals surface area contributed by atoms with Gasteiger partial charge in [-0.15, -0.1) is 11.3 Å². The third kappa shape index (κ3) is 3.28. The Bertz CT molecular complexity index is 1330. The topological polar surface area (TPSA) is 53.9 Å². The second-order valence-corrected chi connectivity index (χ2v) is 9.83. The van der Waals surface area contributed by atoms with Gasteiger partial charge in [-0.05, 0) is 59.7 Å². The zero-order chi connectivity index (χ0) is 21.7. The van der Waals surface area contributed by atoms with Gasteiger partial charge in [-0.3, -0.25) is 4.99 Å². The summed E-state index contributed by atoms with van der Waals surface area (Å²) in [7, 11) is 1.68. The molecule has 4 nitrogen and oxygen atoms in total. The number of fused-ring (bicyclic) bond motifs is 5. The fraction of sp³-hybridized carbons (Fsp3) is 0.296. The van der Waals surface area contributed by atoms with E-state index >= 15 is 0 Å². The summed E-state index contributed by atoms with van der Waals surface area (Å²) in [5.74, 6) is 1.54. The van der Waals surface area contributed by atoms with Crippen molar-refractivity contribution in [3.05, 3.63) is 76.5 Å². The van der Waals surface area contributed by atoms with Crippen LogP contribution in [0.5, 0.6) is 0 Å². The summed E-state index contributed by atoms with van der Waals surface area (Å²) in [4.78, 5) is 6.39. The molecular formula is C27H26N2O2S. The minimum Gasteiger partial charge on any atom is -0.482 e. The third-order valence-corrected chi connectivity index (χ3v) is 8.01. The van der Waals surface area contributed by atoms with Crippen molar-refractivity contribution in [2.24, 2.45) is 10.9 Å². The Hall–Kier alpha value is -2.89. The van der Waals surface area contributed by atoms with Gasteiger partial charge in [0, 0.05) is 27.0 Å². The van der Waals surface area contributed by atoms with Crippen molar-refractivity contribution in [3.8, 4) is 0 Å². The molecule has 0 amide bonds. The number of allylic oxidation sites excluding steroid dienone is 1. The van der Waals surface area contributed by atoms with Crippen molar-refractivity contribution >= 4 is 44.1 Å². The van der Waals surface area contributed by atoms with Crippen LogP contribution in [0.3, 0.4) is 0 Å². The summed E-state index contributed by atoms with van der Waals surface area (Å²) < 4.78 is 6.93. The van der Waals surface area contributed by atoms with Gasteiger partial charge in [0.1, 0.15) is 5.84 Å². The van der Waals surface area contributed by atoms with Crippen molar-refractivity contribution < 1.29 is 9.84 Å². The van der Waals surface area contributed by atoms with Crippen molar-refractivity contribution in [1.82, 2.24) is 5.32 Å². The molecule has 0 spiro atoms. The molecule has 3 unspecified atom stereocenters. The fourth-order valence-electron chi connectivity index (χ4n) is 5.20. The molecule has 0 fully saturated rings. The highest BCUT2D eigenvalue weighted by Gasteiger charge is 2.30. The molecule has 2 heterocycles. The van der Waals surface area contributed by atoms with E-state index in [0.29, 0.717) is 0 Å². The lowest BCUT2D eigenvalue weighted by atomic mass is 9.88. The summed E-state index contributed by atoms with van der Waals surface area (Å²) in [5.41, 5.74) is 2.77. The number of hydrogen-bond acceptors (Lipinski definition) is 5. The first kappa shape index (κ1) is 19.8. The maximum atomic E-state index is 10.5. The molecule has 162 valence electrons. The summed E-state index contributed by atoms with van der Waals surface area (Å²) in [6, 6.07) is 13.1. The Labute approximate surface area is 191 Å². The Morgan fingerprint density at radius 2 is 2.06 bits per heavy atom. The van der Waals surface area contributed by atoms with Gasteiger partial charge < -0.3 is 15.2 Å². The maximum absolute atomic E-state index is 10.5. The highest BCUT2D eigenvalue weighted by atomic mass is 32.1. The Morgan fingerprint density at radius 1 is 1.16 bits per heavy atom. The molecule has 3 atom stereocenters. The van der Waals surface area contributed by atoms with E-state index in [4.69, 9.17) is 9.73 Å².